The van der Waals surface area contributed by atoms with E-state index >= 15 is 0 Å². The summed E-state index contributed by atoms with van der Waals surface area (Å²) in [6.45, 7) is 8.17. The summed E-state index contributed by atoms with van der Waals surface area (Å²) in [6, 6.07) is 0.261. The van der Waals surface area contributed by atoms with E-state index in [4.69, 9.17) is 0 Å². The van der Waals surface area contributed by atoms with Crippen LogP contribution in [-0.2, 0) is 11.3 Å². The predicted octanol–water partition coefficient (Wildman–Crippen LogP) is 1.99. The fraction of sp³-hybridized carbons (Fsp3) is 0.667. The number of carbonyl (C=O) groups excluding carboxylic acids is 1. The number of amides is 1. The van der Waals surface area contributed by atoms with Crippen molar-refractivity contribution in [3.8, 4) is 0 Å². The molecule has 1 fully saturated rings. The number of thiazole rings is 1. The van der Waals surface area contributed by atoms with Crippen molar-refractivity contribution in [1.29, 1.82) is 0 Å². The molecule has 6 nitrogen and oxygen atoms in total. The average molecular weight is 451 g/mol. The fourth-order valence-electron chi connectivity index (χ4n) is 2.49. The second kappa shape index (κ2) is 9.41. The molecule has 1 aliphatic heterocycles. The normalized spacial score (nSPS) is 18.0. The summed E-state index contributed by atoms with van der Waals surface area (Å²) >= 11 is 1.68. The Bertz CT molecular complexity index is 546. The van der Waals surface area contributed by atoms with Gasteiger partial charge in [0.2, 0.25) is 5.91 Å². The van der Waals surface area contributed by atoms with Crippen molar-refractivity contribution in [2.24, 2.45) is 10.9 Å². The van der Waals surface area contributed by atoms with Gasteiger partial charge < -0.3 is 15.5 Å². The Balaban J connectivity index is 0.00000264. The largest absolute Gasteiger partial charge is 0.352 e. The Morgan fingerprint density at radius 2 is 2.30 bits per heavy atom. The molecule has 0 aliphatic carbocycles. The summed E-state index contributed by atoms with van der Waals surface area (Å²) in [4.78, 5) is 23.6. The highest BCUT2D eigenvalue weighted by Gasteiger charge is 2.27. The smallest absolute Gasteiger partial charge is 0.225 e. The summed E-state index contributed by atoms with van der Waals surface area (Å²) in [5.74, 6) is 1.06. The van der Waals surface area contributed by atoms with E-state index in [-0.39, 0.29) is 41.8 Å². The number of rotatable bonds is 4. The molecule has 1 aromatic heterocycles. The zero-order valence-electron chi connectivity index (χ0n) is 14.1. The zero-order valence-corrected chi connectivity index (χ0v) is 17.3. The lowest BCUT2D eigenvalue weighted by Crippen LogP contribution is -2.45. The molecule has 2 heterocycles. The van der Waals surface area contributed by atoms with E-state index in [0.29, 0.717) is 6.54 Å². The molecule has 1 saturated heterocycles. The van der Waals surface area contributed by atoms with Gasteiger partial charge in [-0.15, -0.1) is 35.3 Å². The van der Waals surface area contributed by atoms with Gasteiger partial charge in [0.25, 0.3) is 0 Å². The Kier molecular flexibility index (Phi) is 8.24. The molecule has 1 amide bonds. The molecular formula is C15H26IN5OS. The van der Waals surface area contributed by atoms with Crippen LogP contribution in [0.4, 0.5) is 0 Å². The first-order chi connectivity index (χ1) is 10.5. The lowest BCUT2D eigenvalue weighted by atomic mass is 10.2. The van der Waals surface area contributed by atoms with Crippen LogP contribution in [0.15, 0.2) is 11.2 Å². The maximum absolute atomic E-state index is 12.0. The Hall–Kier alpha value is -0.900. The van der Waals surface area contributed by atoms with E-state index in [1.54, 1.807) is 18.4 Å². The number of aromatic nitrogens is 1. The van der Waals surface area contributed by atoms with Crippen molar-refractivity contribution < 1.29 is 4.79 Å². The third-order valence-electron chi connectivity index (χ3n) is 3.66. The van der Waals surface area contributed by atoms with Crippen molar-refractivity contribution in [2.75, 3.05) is 20.1 Å². The summed E-state index contributed by atoms with van der Waals surface area (Å²) in [7, 11) is 1.76. The molecule has 0 aromatic carbocycles. The van der Waals surface area contributed by atoms with Gasteiger partial charge in [0.15, 0.2) is 5.96 Å². The van der Waals surface area contributed by atoms with Gasteiger partial charge in [-0.2, -0.15) is 0 Å². The maximum atomic E-state index is 12.0. The first-order valence-electron chi connectivity index (χ1n) is 7.67. The second-order valence-electron chi connectivity index (χ2n) is 5.84. The first kappa shape index (κ1) is 20.1. The second-order valence-corrected chi connectivity index (χ2v) is 7.16. The van der Waals surface area contributed by atoms with Crippen LogP contribution < -0.4 is 10.6 Å². The number of aliphatic imine (C=N–C) groups is 1. The molecule has 1 atom stereocenters. The first-order valence-corrected chi connectivity index (χ1v) is 8.48. The maximum Gasteiger partial charge on any atom is 0.225 e. The van der Waals surface area contributed by atoms with Gasteiger partial charge in [0.05, 0.1) is 11.6 Å². The molecule has 0 spiro atoms. The summed E-state index contributed by atoms with van der Waals surface area (Å²) < 4.78 is 0. The number of halogens is 1. The number of aryl methyl sites for hydroxylation is 1. The number of hydrogen-bond donors (Lipinski definition) is 2. The number of hydrogen-bond acceptors (Lipinski definition) is 4. The lowest BCUT2D eigenvalue weighted by Gasteiger charge is -2.20. The van der Waals surface area contributed by atoms with Gasteiger partial charge in [-0.1, -0.05) is 13.8 Å². The third kappa shape index (κ3) is 5.91. The SMILES string of the molecule is CN=C(NCc1cnc(C)s1)NC1CCN(C(=O)C(C)C)C1.I. The van der Waals surface area contributed by atoms with E-state index in [0.717, 1.165) is 30.5 Å². The molecule has 0 radical (unpaired) electrons. The van der Waals surface area contributed by atoms with Crippen LogP contribution in [0, 0.1) is 12.8 Å². The van der Waals surface area contributed by atoms with Crippen LogP contribution in [0.2, 0.25) is 0 Å². The number of guanidine groups is 1. The number of nitrogens with zero attached hydrogens (tertiary/aromatic N) is 3. The van der Waals surface area contributed by atoms with E-state index in [1.165, 1.54) is 4.88 Å². The molecule has 23 heavy (non-hydrogen) atoms. The van der Waals surface area contributed by atoms with E-state index in [2.05, 4.69) is 20.6 Å². The zero-order chi connectivity index (χ0) is 16.1. The third-order valence-corrected chi connectivity index (χ3v) is 4.57. The molecule has 8 heteroatoms. The predicted molar refractivity (Wildman–Crippen MR) is 105 cm³/mol. The van der Waals surface area contributed by atoms with Crippen molar-refractivity contribution in [2.45, 2.75) is 39.8 Å². The molecule has 2 rings (SSSR count). The minimum absolute atomic E-state index is 0. The Labute approximate surface area is 159 Å². The minimum atomic E-state index is 0. The molecule has 0 saturated carbocycles. The molecule has 1 unspecified atom stereocenters. The van der Waals surface area contributed by atoms with Gasteiger partial charge in [0.1, 0.15) is 0 Å². The molecule has 1 aliphatic rings. The van der Waals surface area contributed by atoms with Gasteiger partial charge >= 0.3 is 0 Å². The molecule has 1 aromatic rings. The van der Waals surface area contributed by atoms with Gasteiger partial charge in [-0.05, 0) is 13.3 Å². The number of nitrogens with one attached hydrogen (secondary N) is 2. The lowest BCUT2D eigenvalue weighted by molar-refractivity contribution is -0.133. The van der Waals surface area contributed by atoms with Crippen LogP contribution in [0.25, 0.3) is 0 Å². The average Bonchev–Trinajstić information content (AvgIpc) is 3.11. The Morgan fingerprint density at radius 1 is 1.57 bits per heavy atom. The van der Waals surface area contributed by atoms with Crippen LogP contribution in [0.1, 0.15) is 30.2 Å². The van der Waals surface area contributed by atoms with E-state index < -0.39 is 0 Å². The van der Waals surface area contributed by atoms with Crippen LogP contribution in [0.3, 0.4) is 0 Å². The van der Waals surface area contributed by atoms with Gasteiger partial charge in [-0.3, -0.25) is 9.79 Å². The van der Waals surface area contributed by atoms with Gasteiger partial charge in [-0.25, -0.2) is 4.98 Å². The summed E-state index contributed by atoms with van der Waals surface area (Å²) in [5, 5.41) is 7.76. The highest BCUT2D eigenvalue weighted by Crippen LogP contribution is 2.13. The van der Waals surface area contributed by atoms with Gasteiger partial charge in [0, 0.05) is 43.2 Å². The van der Waals surface area contributed by atoms with Crippen molar-refractivity contribution >= 4 is 47.2 Å². The fourth-order valence-corrected chi connectivity index (χ4v) is 3.22. The van der Waals surface area contributed by atoms with Crippen molar-refractivity contribution in [3.63, 3.8) is 0 Å². The van der Waals surface area contributed by atoms with Crippen molar-refractivity contribution in [1.82, 2.24) is 20.5 Å². The molecular weight excluding hydrogens is 425 g/mol. The van der Waals surface area contributed by atoms with Crippen molar-refractivity contribution in [3.05, 3.63) is 16.1 Å². The summed E-state index contributed by atoms with van der Waals surface area (Å²) in [6.07, 6.45) is 2.84. The molecule has 2 N–H and O–H groups in total. The van der Waals surface area contributed by atoms with E-state index in [1.807, 2.05) is 31.9 Å². The highest BCUT2D eigenvalue weighted by atomic mass is 127. The topological polar surface area (TPSA) is 69.6 Å². The number of carbonyl (C=O) groups is 1. The minimum Gasteiger partial charge on any atom is -0.352 e. The number of likely N-dealkylation sites (tertiary alicyclic amines) is 1. The van der Waals surface area contributed by atoms with Crippen LogP contribution >= 0.6 is 35.3 Å². The monoisotopic (exact) mass is 451 g/mol. The van der Waals surface area contributed by atoms with Crippen LogP contribution in [-0.4, -0.2) is 47.9 Å². The molecule has 0 bridgehead atoms. The highest BCUT2D eigenvalue weighted by molar-refractivity contribution is 14.0. The standard InChI is InChI=1S/C15H25N5OS.HI/c1-10(2)14(21)20-6-5-12(9-20)19-15(16-4)18-8-13-7-17-11(3)22-13;/h7,10,12H,5-6,8-9H2,1-4H3,(H2,16,18,19);1H. The molecule has 130 valence electrons. The van der Waals surface area contributed by atoms with E-state index in [9.17, 15) is 4.79 Å². The Morgan fingerprint density at radius 3 is 2.87 bits per heavy atom. The quantitative estimate of drug-likeness (QED) is 0.418. The summed E-state index contributed by atoms with van der Waals surface area (Å²) in [5.41, 5.74) is 0. The van der Waals surface area contributed by atoms with Crippen LogP contribution in [0.5, 0.6) is 0 Å².